The summed E-state index contributed by atoms with van der Waals surface area (Å²) in [5.74, 6) is 0. The molecule has 2 aliphatic heterocycles. The topological polar surface area (TPSA) is 80.3 Å². The van der Waals surface area contributed by atoms with Crippen LogP contribution < -0.4 is 5.32 Å². The highest BCUT2D eigenvalue weighted by atomic mass is 32.2. The SMILES string of the molecule is O=S1(=O)c2ccccc2-c2ccccc21.O=S1(=O)c2ccccc2Nc2ccccc21. The molecule has 31 heavy (non-hydrogen) atoms. The molecule has 0 aromatic heterocycles. The smallest absolute Gasteiger partial charge is 0.210 e. The first-order chi connectivity index (χ1) is 14.9. The number of para-hydroxylation sites is 2. The maximum absolute atomic E-state index is 12.3. The first kappa shape index (κ1) is 19.5. The fraction of sp³-hybridized carbons (Fsp3) is 0. The Morgan fingerprint density at radius 2 is 0.742 bits per heavy atom. The van der Waals surface area contributed by atoms with Gasteiger partial charge >= 0.3 is 0 Å². The summed E-state index contributed by atoms with van der Waals surface area (Å²) >= 11 is 0. The number of fused-ring (bicyclic) bond motifs is 5. The minimum Gasteiger partial charge on any atom is -0.353 e. The van der Waals surface area contributed by atoms with Crippen molar-refractivity contribution in [3.05, 3.63) is 97.1 Å². The highest BCUT2D eigenvalue weighted by Gasteiger charge is 2.31. The highest BCUT2D eigenvalue weighted by Crippen LogP contribution is 2.42. The zero-order valence-corrected chi connectivity index (χ0v) is 17.8. The highest BCUT2D eigenvalue weighted by molar-refractivity contribution is 7.92. The summed E-state index contributed by atoms with van der Waals surface area (Å²) in [6.45, 7) is 0. The summed E-state index contributed by atoms with van der Waals surface area (Å²) in [5.41, 5.74) is 2.91. The molecule has 7 heteroatoms. The molecule has 4 aromatic carbocycles. The molecule has 0 atom stereocenters. The van der Waals surface area contributed by atoms with E-state index in [4.69, 9.17) is 0 Å². The molecule has 5 nitrogen and oxygen atoms in total. The van der Waals surface area contributed by atoms with Crippen molar-refractivity contribution in [2.75, 3.05) is 5.32 Å². The molecule has 0 radical (unpaired) electrons. The minimum atomic E-state index is -3.36. The summed E-state index contributed by atoms with van der Waals surface area (Å²) < 4.78 is 48.7. The third-order valence-corrected chi connectivity index (χ3v) is 9.01. The van der Waals surface area contributed by atoms with Gasteiger partial charge in [-0.1, -0.05) is 60.7 Å². The van der Waals surface area contributed by atoms with Crippen LogP contribution in [0.2, 0.25) is 0 Å². The van der Waals surface area contributed by atoms with E-state index in [2.05, 4.69) is 5.32 Å². The monoisotopic (exact) mass is 447 g/mol. The Morgan fingerprint density at radius 3 is 1.19 bits per heavy atom. The van der Waals surface area contributed by atoms with Crippen molar-refractivity contribution in [1.29, 1.82) is 0 Å². The summed E-state index contributed by atoms with van der Waals surface area (Å²) in [5, 5.41) is 3.12. The second kappa shape index (κ2) is 7.08. The lowest BCUT2D eigenvalue weighted by atomic mass is 10.1. The number of hydrogen-bond donors (Lipinski definition) is 1. The zero-order chi connectivity index (χ0) is 21.6. The minimum absolute atomic E-state index is 0.341. The van der Waals surface area contributed by atoms with E-state index in [0.717, 1.165) is 11.1 Å². The third-order valence-electron chi connectivity index (χ3n) is 5.27. The van der Waals surface area contributed by atoms with Crippen LogP contribution >= 0.6 is 0 Å². The van der Waals surface area contributed by atoms with E-state index in [9.17, 15) is 16.8 Å². The van der Waals surface area contributed by atoms with Crippen LogP contribution in [0.1, 0.15) is 0 Å². The average molecular weight is 448 g/mol. The van der Waals surface area contributed by atoms with Crippen LogP contribution in [-0.4, -0.2) is 16.8 Å². The molecule has 0 amide bonds. The summed E-state index contributed by atoms with van der Waals surface area (Å²) in [6.07, 6.45) is 0. The van der Waals surface area contributed by atoms with E-state index in [1.54, 1.807) is 60.7 Å². The number of anilines is 2. The molecule has 154 valence electrons. The molecule has 0 bridgehead atoms. The Hall–Kier alpha value is -3.42. The van der Waals surface area contributed by atoms with Gasteiger partial charge in [0.1, 0.15) is 0 Å². The first-order valence-electron chi connectivity index (χ1n) is 9.54. The first-order valence-corrected chi connectivity index (χ1v) is 12.5. The maximum atomic E-state index is 12.3. The van der Waals surface area contributed by atoms with Crippen molar-refractivity contribution in [2.24, 2.45) is 0 Å². The van der Waals surface area contributed by atoms with Crippen LogP contribution in [0, 0.1) is 0 Å². The average Bonchev–Trinajstić information content (AvgIpc) is 3.02. The van der Waals surface area contributed by atoms with Crippen molar-refractivity contribution >= 4 is 31.0 Å². The van der Waals surface area contributed by atoms with Gasteiger partial charge in [0.25, 0.3) is 0 Å². The number of hydrogen-bond acceptors (Lipinski definition) is 5. The second-order valence-electron chi connectivity index (χ2n) is 7.12. The molecular formula is C24H17NO4S2. The Kier molecular flexibility index (Phi) is 4.46. The zero-order valence-electron chi connectivity index (χ0n) is 16.2. The quantitative estimate of drug-likeness (QED) is 0.351. The van der Waals surface area contributed by atoms with Gasteiger partial charge in [0.2, 0.25) is 19.7 Å². The van der Waals surface area contributed by atoms with Crippen molar-refractivity contribution in [2.45, 2.75) is 19.6 Å². The van der Waals surface area contributed by atoms with Crippen LogP contribution in [-0.2, 0) is 19.7 Å². The molecule has 6 rings (SSSR count). The third kappa shape index (κ3) is 3.05. The fourth-order valence-corrected chi connectivity index (χ4v) is 7.09. The van der Waals surface area contributed by atoms with Crippen molar-refractivity contribution < 1.29 is 16.8 Å². The largest absolute Gasteiger partial charge is 0.353 e. The van der Waals surface area contributed by atoms with Gasteiger partial charge in [0.05, 0.1) is 31.0 Å². The van der Waals surface area contributed by atoms with Gasteiger partial charge in [0.15, 0.2) is 0 Å². The molecule has 0 spiro atoms. The van der Waals surface area contributed by atoms with Crippen LogP contribution in [0.25, 0.3) is 11.1 Å². The Labute approximate surface area is 180 Å². The van der Waals surface area contributed by atoms with E-state index in [1.807, 2.05) is 36.4 Å². The van der Waals surface area contributed by atoms with Gasteiger partial charge in [-0.3, -0.25) is 0 Å². The van der Waals surface area contributed by atoms with E-state index >= 15 is 0 Å². The Bertz CT molecular complexity index is 1440. The molecule has 2 heterocycles. The van der Waals surface area contributed by atoms with Crippen LogP contribution in [0.5, 0.6) is 0 Å². The van der Waals surface area contributed by atoms with Crippen LogP contribution in [0.15, 0.2) is 117 Å². The Balaban J connectivity index is 0.000000132. The predicted octanol–water partition coefficient (Wildman–Crippen LogP) is 5.08. The van der Waals surface area contributed by atoms with Crippen LogP contribution in [0.3, 0.4) is 0 Å². The number of benzene rings is 4. The molecule has 0 saturated carbocycles. The van der Waals surface area contributed by atoms with Gasteiger partial charge in [-0.15, -0.1) is 0 Å². The number of rotatable bonds is 0. The van der Waals surface area contributed by atoms with Crippen molar-refractivity contribution in [3.8, 4) is 11.1 Å². The lowest BCUT2D eigenvalue weighted by Gasteiger charge is -2.20. The molecule has 0 saturated heterocycles. The molecule has 1 N–H and O–H groups in total. The lowest BCUT2D eigenvalue weighted by molar-refractivity contribution is 0.595. The van der Waals surface area contributed by atoms with E-state index in [1.165, 1.54) is 0 Å². The normalized spacial score (nSPS) is 15.7. The second-order valence-corrected chi connectivity index (χ2v) is 10.9. The molecular weight excluding hydrogens is 430 g/mol. The van der Waals surface area contributed by atoms with Gasteiger partial charge in [-0.05, 0) is 36.4 Å². The summed E-state index contributed by atoms with van der Waals surface area (Å²) in [4.78, 5) is 1.53. The molecule has 2 aliphatic rings. The molecule has 4 aromatic rings. The van der Waals surface area contributed by atoms with Gasteiger partial charge < -0.3 is 5.32 Å². The number of sulfone groups is 2. The lowest BCUT2D eigenvalue weighted by Crippen LogP contribution is -2.13. The van der Waals surface area contributed by atoms with Gasteiger partial charge in [-0.2, -0.15) is 0 Å². The van der Waals surface area contributed by atoms with Gasteiger partial charge in [0, 0.05) is 11.1 Å². The van der Waals surface area contributed by atoms with E-state index in [-0.39, 0.29) is 0 Å². The van der Waals surface area contributed by atoms with Crippen LogP contribution in [0.4, 0.5) is 11.4 Å². The van der Waals surface area contributed by atoms with E-state index in [0.29, 0.717) is 31.0 Å². The Morgan fingerprint density at radius 1 is 0.419 bits per heavy atom. The fourth-order valence-electron chi connectivity index (χ4n) is 3.84. The molecule has 0 fully saturated rings. The molecule has 0 aliphatic carbocycles. The number of nitrogens with one attached hydrogen (secondary N) is 1. The standard InChI is InChI=1S/C12H9NO2S.C12H8O2S/c14-16(15)11-7-3-1-5-9(11)13-10-6-2-4-8-12(10)16;13-15(14)11-7-3-1-5-9(11)10-6-2-4-8-12(10)15/h1-8,13H;1-8H. The predicted molar refractivity (Wildman–Crippen MR) is 119 cm³/mol. The van der Waals surface area contributed by atoms with E-state index < -0.39 is 19.7 Å². The maximum Gasteiger partial charge on any atom is 0.210 e. The summed E-state index contributed by atoms with van der Waals surface area (Å²) in [7, 11) is -6.63. The van der Waals surface area contributed by atoms with Gasteiger partial charge in [-0.25, -0.2) is 16.8 Å². The summed E-state index contributed by atoms with van der Waals surface area (Å²) in [6, 6.07) is 28.1. The van der Waals surface area contributed by atoms with Crippen molar-refractivity contribution in [1.82, 2.24) is 0 Å². The van der Waals surface area contributed by atoms with Crippen molar-refractivity contribution in [3.63, 3.8) is 0 Å². The molecule has 0 unspecified atom stereocenters.